The summed E-state index contributed by atoms with van der Waals surface area (Å²) in [5, 5.41) is 3.12. The first-order valence-corrected chi connectivity index (χ1v) is 4.87. The van der Waals surface area contributed by atoms with E-state index >= 15 is 0 Å². The number of aryl methyl sites for hydroxylation is 1. The van der Waals surface area contributed by atoms with Crippen LogP contribution in [0.5, 0.6) is 0 Å². The van der Waals surface area contributed by atoms with Crippen molar-refractivity contribution >= 4 is 11.7 Å². The average molecular weight is 206 g/mol. The summed E-state index contributed by atoms with van der Waals surface area (Å²) in [5.41, 5.74) is 12.2. The Bertz CT molecular complexity index is 404. The molecule has 2 rings (SSSR count). The van der Waals surface area contributed by atoms with E-state index in [0.717, 1.165) is 12.1 Å². The Morgan fingerprint density at radius 3 is 2.80 bits per heavy atom. The fourth-order valence-corrected chi connectivity index (χ4v) is 1.42. The molecule has 0 bridgehead atoms. The zero-order valence-electron chi connectivity index (χ0n) is 8.53. The fourth-order valence-electron chi connectivity index (χ4n) is 1.42. The molecule has 15 heavy (non-hydrogen) atoms. The Kier molecular flexibility index (Phi) is 2.32. The summed E-state index contributed by atoms with van der Waals surface area (Å²) in [6.45, 7) is 1.86. The molecule has 5 N–H and O–H groups in total. The zero-order chi connectivity index (χ0) is 11.0. The summed E-state index contributed by atoms with van der Waals surface area (Å²) in [6, 6.07) is 3.82. The van der Waals surface area contributed by atoms with Crippen molar-refractivity contribution in [3.63, 3.8) is 0 Å². The maximum atomic E-state index is 11.1. The number of anilines is 1. The number of hydrogen-bond acceptors (Lipinski definition) is 4. The molecule has 1 aliphatic rings. The van der Waals surface area contributed by atoms with Gasteiger partial charge in [0.05, 0.1) is 5.56 Å². The van der Waals surface area contributed by atoms with Crippen LogP contribution in [-0.2, 0) is 0 Å². The molecule has 0 saturated heterocycles. The first kappa shape index (κ1) is 9.92. The van der Waals surface area contributed by atoms with Crippen LogP contribution < -0.4 is 16.8 Å². The lowest BCUT2D eigenvalue weighted by molar-refractivity contribution is 0.100. The second-order valence-corrected chi connectivity index (χ2v) is 3.86. The minimum atomic E-state index is -0.473. The third-order valence-corrected chi connectivity index (χ3v) is 2.46. The van der Waals surface area contributed by atoms with Crippen LogP contribution in [0.1, 0.15) is 22.5 Å². The van der Waals surface area contributed by atoms with E-state index in [1.807, 2.05) is 6.92 Å². The first-order valence-electron chi connectivity index (χ1n) is 4.87. The van der Waals surface area contributed by atoms with Crippen LogP contribution in [0, 0.1) is 6.92 Å². The average Bonchev–Trinajstić information content (AvgIpc) is 2.81. The first-order chi connectivity index (χ1) is 7.08. The number of pyridine rings is 1. The van der Waals surface area contributed by atoms with Crippen LogP contribution in [-0.4, -0.2) is 23.0 Å². The molecule has 1 saturated carbocycles. The molecule has 1 amide bonds. The molecule has 80 valence electrons. The highest BCUT2D eigenvalue weighted by molar-refractivity contribution is 5.97. The maximum absolute atomic E-state index is 11.1. The van der Waals surface area contributed by atoms with Crippen molar-refractivity contribution in [1.29, 1.82) is 0 Å². The summed E-state index contributed by atoms with van der Waals surface area (Å²) in [4.78, 5) is 15.4. The quantitative estimate of drug-likeness (QED) is 0.648. The monoisotopic (exact) mass is 206 g/mol. The summed E-state index contributed by atoms with van der Waals surface area (Å²) in [6.07, 6.45) is 0.911. The van der Waals surface area contributed by atoms with E-state index < -0.39 is 5.91 Å². The molecule has 1 aromatic heterocycles. The van der Waals surface area contributed by atoms with E-state index in [4.69, 9.17) is 11.5 Å². The molecule has 0 aromatic carbocycles. The predicted octanol–water partition coefficient (Wildman–Crippen LogP) is 0.000420. The standard InChI is InChI=1S/C10H14N4O/c1-5-2-3-6(9(12)15)10(13-5)14-8-4-7(8)11/h2-3,7-8H,4,11H2,1H3,(H2,12,15)(H,13,14). The Morgan fingerprint density at radius 1 is 1.60 bits per heavy atom. The molecule has 1 aliphatic carbocycles. The highest BCUT2D eigenvalue weighted by Crippen LogP contribution is 2.24. The van der Waals surface area contributed by atoms with Gasteiger partial charge in [-0.3, -0.25) is 4.79 Å². The van der Waals surface area contributed by atoms with Crippen molar-refractivity contribution < 1.29 is 4.79 Å². The van der Waals surface area contributed by atoms with Crippen molar-refractivity contribution in [1.82, 2.24) is 4.98 Å². The molecule has 1 heterocycles. The lowest BCUT2D eigenvalue weighted by atomic mass is 10.2. The molecule has 0 radical (unpaired) electrons. The molecule has 2 unspecified atom stereocenters. The highest BCUT2D eigenvalue weighted by Gasteiger charge is 2.34. The van der Waals surface area contributed by atoms with Crippen molar-refractivity contribution in [3.05, 3.63) is 23.4 Å². The zero-order valence-corrected chi connectivity index (χ0v) is 8.53. The number of nitrogens with two attached hydrogens (primary N) is 2. The van der Waals surface area contributed by atoms with Crippen molar-refractivity contribution in [2.75, 3.05) is 5.32 Å². The van der Waals surface area contributed by atoms with Gasteiger partial charge in [-0.15, -0.1) is 0 Å². The second kappa shape index (κ2) is 3.51. The van der Waals surface area contributed by atoms with Crippen LogP contribution in [0.4, 0.5) is 5.82 Å². The van der Waals surface area contributed by atoms with Crippen LogP contribution in [0.15, 0.2) is 12.1 Å². The van der Waals surface area contributed by atoms with Crippen molar-refractivity contribution in [2.24, 2.45) is 11.5 Å². The van der Waals surface area contributed by atoms with Crippen LogP contribution in [0.2, 0.25) is 0 Å². The minimum Gasteiger partial charge on any atom is -0.365 e. The maximum Gasteiger partial charge on any atom is 0.252 e. The molecule has 5 heteroatoms. The number of nitrogens with one attached hydrogen (secondary N) is 1. The van der Waals surface area contributed by atoms with Gasteiger partial charge in [0.15, 0.2) is 0 Å². The number of aromatic nitrogens is 1. The molecular weight excluding hydrogens is 192 g/mol. The normalized spacial score (nSPS) is 23.6. The van der Waals surface area contributed by atoms with Crippen LogP contribution in [0.25, 0.3) is 0 Å². The molecule has 5 nitrogen and oxygen atoms in total. The van der Waals surface area contributed by atoms with Gasteiger partial charge in [-0.1, -0.05) is 0 Å². The van der Waals surface area contributed by atoms with Gasteiger partial charge in [0.1, 0.15) is 5.82 Å². The Balaban J connectivity index is 2.26. The van der Waals surface area contributed by atoms with Crippen molar-refractivity contribution in [2.45, 2.75) is 25.4 Å². The van der Waals surface area contributed by atoms with Gasteiger partial charge in [0, 0.05) is 17.8 Å². The Labute approximate surface area is 87.9 Å². The summed E-state index contributed by atoms with van der Waals surface area (Å²) >= 11 is 0. The number of amides is 1. The largest absolute Gasteiger partial charge is 0.365 e. The van der Waals surface area contributed by atoms with Crippen molar-refractivity contribution in [3.8, 4) is 0 Å². The SMILES string of the molecule is Cc1ccc(C(N)=O)c(NC2CC2N)n1. The van der Waals surface area contributed by atoms with Gasteiger partial charge in [-0.2, -0.15) is 0 Å². The van der Waals surface area contributed by atoms with E-state index in [2.05, 4.69) is 10.3 Å². The van der Waals surface area contributed by atoms with E-state index in [0.29, 0.717) is 11.4 Å². The van der Waals surface area contributed by atoms with E-state index in [9.17, 15) is 4.79 Å². The number of hydrogen-bond donors (Lipinski definition) is 3. The van der Waals surface area contributed by atoms with Crippen LogP contribution >= 0.6 is 0 Å². The summed E-state index contributed by atoms with van der Waals surface area (Å²) in [7, 11) is 0. The van der Waals surface area contributed by atoms with Gasteiger partial charge in [-0.05, 0) is 25.5 Å². The lowest BCUT2D eigenvalue weighted by Crippen LogP contribution is -2.19. The number of carbonyl (C=O) groups excluding carboxylic acids is 1. The molecule has 1 aromatic rings. The summed E-state index contributed by atoms with van der Waals surface area (Å²) in [5.74, 6) is 0.0691. The summed E-state index contributed by atoms with van der Waals surface area (Å²) < 4.78 is 0. The van der Waals surface area contributed by atoms with Gasteiger partial charge in [0.25, 0.3) is 5.91 Å². The topological polar surface area (TPSA) is 94.0 Å². The van der Waals surface area contributed by atoms with Gasteiger partial charge >= 0.3 is 0 Å². The minimum absolute atomic E-state index is 0.160. The number of primary amides is 1. The molecule has 0 aliphatic heterocycles. The predicted molar refractivity (Wildman–Crippen MR) is 57.5 cm³/mol. The molecule has 0 spiro atoms. The Hall–Kier alpha value is -1.62. The highest BCUT2D eigenvalue weighted by atomic mass is 16.1. The van der Waals surface area contributed by atoms with E-state index in [1.54, 1.807) is 12.1 Å². The molecule has 1 fully saturated rings. The van der Waals surface area contributed by atoms with Crippen LogP contribution in [0.3, 0.4) is 0 Å². The number of carbonyl (C=O) groups is 1. The van der Waals surface area contributed by atoms with E-state index in [1.165, 1.54) is 0 Å². The Morgan fingerprint density at radius 2 is 2.27 bits per heavy atom. The third kappa shape index (κ3) is 2.07. The smallest absolute Gasteiger partial charge is 0.252 e. The number of nitrogens with zero attached hydrogens (tertiary/aromatic N) is 1. The molecular formula is C10H14N4O. The molecule has 2 atom stereocenters. The van der Waals surface area contributed by atoms with E-state index in [-0.39, 0.29) is 12.1 Å². The second-order valence-electron chi connectivity index (χ2n) is 3.86. The number of rotatable bonds is 3. The fraction of sp³-hybridized carbons (Fsp3) is 0.400. The van der Waals surface area contributed by atoms with Gasteiger partial charge < -0.3 is 16.8 Å². The lowest BCUT2D eigenvalue weighted by Gasteiger charge is -2.08. The van der Waals surface area contributed by atoms with Gasteiger partial charge in [-0.25, -0.2) is 4.98 Å². The third-order valence-electron chi connectivity index (χ3n) is 2.46. The van der Waals surface area contributed by atoms with Gasteiger partial charge in [0.2, 0.25) is 0 Å².